The van der Waals surface area contributed by atoms with Gasteiger partial charge in [0.1, 0.15) is 6.29 Å². The van der Waals surface area contributed by atoms with E-state index >= 15 is 0 Å². The molecular weight excluding hydrogens is 138 g/mol. The molecule has 1 rings (SSSR count). The Kier molecular flexibility index (Phi) is 3.57. The molecule has 0 amide bonds. The molecule has 1 aliphatic heterocycles. The van der Waals surface area contributed by atoms with E-state index in [9.17, 15) is 4.79 Å². The maximum absolute atomic E-state index is 10.5. The standard InChI is InChI=1S/C9H17NO/c1-2-3-6-10-7-4-5-9(10)8-11/h8-9H,2-7H2,1H3/t9-/m1/s1. The molecule has 0 aromatic carbocycles. The van der Waals surface area contributed by atoms with Crippen molar-refractivity contribution in [3.8, 4) is 0 Å². The summed E-state index contributed by atoms with van der Waals surface area (Å²) in [6.45, 7) is 4.43. The SMILES string of the molecule is CCCCN1CCC[C@@H]1C=O. The van der Waals surface area contributed by atoms with Crippen LogP contribution < -0.4 is 0 Å². The Morgan fingerprint density at radius 2 is 2.45 bits per heavy atom. The van der Waals surface area contributed by atoms with Crippen LogP contribution in [0.1, 0.15) is 32.6 Å². The lowest BCUT2D eigenvalue weighted by Crippen LogP contribution is -2.31. The first-order valence-corrected chi connectivity index (χ1v) is 4.58. The third-order valence-corrected chi connectivity index (χ3v) is 2.37. The van der Waals surface area contributed by atoms with Crippen LogP contribution in [0.3, 0.4) is 0 Å². The van der Waals surface area contributed by atoms with E-state index < -0.39 is 0 Å². The molecule has 1 fully saturated rings. The van der Waals surface area contributed by atoms with E-state index in [0.29, 0.717) is 0 Å². The van der Waals surface area contributed by atoms with Crippen molar-refractivity contribution in [3.63, 3.8) is 0 Å². The molecule has 1 heterocycles. The molecular formula is C9H17NO. The summed E-state index contributed by atoms with van der Waals surface area (Å²) in [5.74, 6) is 0. The van der Waals surface area contributed by atoms with Gasteiger partial charge < -0.3 is 4.79 Å². The van der Waals surface area contributed by atoms with Gasteiger partial charge in [0, 0.05) is 0 Å². The molecule has 0 aromatic heterocycles. The van der Waals surface area contributed by atoms with E-state index in [4.69, 9.17) is 0 Å². The molecule has 0 spiro atoms. The number of aldehydes is 1. The molecule has 1 atom stereocenters. The van der Waals surface area contributed by atoms with E-state index in [0.717, 1.165) is 25.8 Å². The molecule has 0 aliphatic carbocycles. The van der Waals surface area contributed by atoms with E-state index in [-0.39, 0.29) is 6.04 Å². The van der Waals surface area contributed by atoms with Gasteiger partial charge in [-0.3, -0.25) is 4.90 Å². The second kappa shape index (κ2) is 4.50. The Balaban J connectivity index is 2.25. The van der Waals surface area contributed by atoms with Gasteiger partial charge in [-0.2, -0.15) is 0 Å². The van der Waals surface area contributed by atoms with Gasteiger partial charge in [-0.25, -0.2) is 0 Å². The zero-order chi connectivity index (χ0) is 8.10. The van der Waals surface area contributed by atoms with Crippen molar-refractivity contribution < 1.29 is 4.79 Å². The highest BCUT2D eigenvalue weighted by Gasteiger charge is 2.22. The van der Waals surface area contributed by atoms with Crippen LogP contribution in [0.25, 0.3) is 0 Å². The topological polar surface area (TPSA) is 20.3 Å². The van der Waals surface area contributed by atoms with Gasteiger partial charge in [-0.05, 0) is 32.4 Å². The van der Waals surface area contributed by atoms with Gasteiger partial charge in [0.2, 0.25) is 0 Å². The number of carbonyl (C=O) groups is 1. The Labute approximate surface area is 68.6 Å². The van der Waals surface area contributed by atoms with Crippen LogP contribution in [0.4, 0.5) is 0 Å². The van der Waals surface area contributed by atoms with Crippen LogP contribution >= 0.6 is 0 Å². The van der Waals surface area contributed by atoms with Crippen LogP contribution in [0.2, 0.25) is 0 Å². The van der Waals surface area contributed by atoms with Gasteiger partial charge in [0.15, 0.2) is 0 Å². The zero-order valence-electron chi connectivity index (χ0n) is 7.25. The van der Waals surface area contributed by atoms with E-state index in [2.05, 4.69) is 11.8 Å². The van der Waals surface area contributed by atoms with Crippen molar-refractivity contribution in [3.05, 3.63) is 0 Å². The summed E-state index contributed by atoms with van der Waals surface area (Å²) in [6.07, 6.45) is 5.83. The molecule has 0 radical (unpaired) electrons. The minimum atomic E-state index is 0.238. The van der Waals surface area contributed by atoms with E-state index in [1.54, 1.807) is 0 Å². The lowest BCUT2D eigenvalue weighted by atomic mass is 10.2. The second-order valence-corrected chi connectivity index (χ2v) is 3.24. The predicted molar refractivity (Wildman–Crippen MR) is 45.6 cm³/mol. The molecule has 0 unspecified atom stereocenters. The van der Waals surface area contributed by atoms with E-state index in [1.165, 1.54) is 19.3 Å². The van der Waals surface area contributed by atoms with Crippen LogP contribution in [-0.4, -0.2) is 30.3 Å². The quantitative estimate of drug-likeness (QED) is 0.573. The van der Waals surface area contributed by atoms with Crippen molar-refractivity contribution in [1.29, 1.82) is 0 Å². The maximum Gasteiger partial charge on any atom is 0.137 e. The fourth-order valence-corrected chi connectivity index (χ4v) is 1.64. The number of hydrogen-bond acceptors (Lipinski definition) is 2. The predicted octanol–water partition coefficient (Wildman–Crippen LogP) is 1.45. The molecule has 1 aliphatic rings. The van der Waals surface area contributed by atoms with E-state index in [1.807, 2.05) is 0 Å². The minimum Gasteiger partial charge on any atom is -0.302 e. The highest BCUT2D eigenvalue weighted by molar-refractivity contribution is 5.58. The number of hydrogen-bond donors (Lipinski definition) is 0. The van der Waals surface area contributed by atoms with Gasteiger partial charge in [0.25, 0.3) is 0 Å². The Morgan fingerprint density at radius 3 is 3.09 bits per heavy atom. The molecule has 0 aromatic rings. The van der Waals surface area contributed by atoms with Crippen LogP contribution in [0, 0.1) is 0 Å². The van der Waals surface area contributed by atoms with Crippen LogP contribution in [0.15, 0.2) is 0 Å². The maximum atomic E-state index is 10.5. The lowest BCUT2D eigenvalue weighted by Gasteiger charge is -2.18. The van der Waals surface area contributed by atoms with Crippen LogP contribution in [0.5, 0.6) is 0 Å². The third kappa shape index (κ3) is 2.29. The summed E-state index contributed by atoms with van der Waals surface area (Å²) in [6, 6.07) is 0.238. The first-order chi connectivity index (χ1) is 5.38. The monoisotopic (exact) mass is 155 g/mol. The Hall–Kier alpha value is -0.370. The summed E-state index contributed by atoms with van der Waals surface area (Å²) in [4.78, 5) is 12.8. The molecule has 64 valence electrons. The highest BCUT2D eigenvalue weighted by Crippen LogP contribution is 2.15. The molecule has 0 saturated carbocycles. The molecule has 0 N–H and O–H groups in total. The fraction of sp³-hybridized carbons (Fsp3) is 0.889. The summed E-state index contributed by atoms with van der Waals surface area (Å²) < 4.78 is 0. The number of likely N-dealkylation sites (tertiary alicyclic amines) is 1. The number of rotatable bonds is 4. The number of nitrogens with zero attached hydrogens (tertiary/aromatic N) is 1. The van der Waals surface area contributed by atoms with Gasteiger partial charge in [0.05, 0.1) is 6.04 Å². The van der Waals surface area contributed by atoms with Crippen LogP contribution in [-0.2, 0) is 4.79 Å². The Bertz CT molecular complexity index is 125. The number of carbonyl (C=O) groups excluding carboxylic acids is 1. The van der Waals surface area contributed by atoms with Gasteiger partial charge >= 0.3 is 0 Å². The van der Waals surface area contributed by atoms with Crippen molar-refractivity contribution >= 4 is 6.29 Å². The highest BCUT2D eigenvalue weighted by atomic mass is 16.1. The van der Waals surface area contributed by atoms with Gasteiger partial charge in [-0.1, -0.05) is 13.3 Å². The number of unbranched alkanes of at least 4 members (excludes halogenated alkanes) is 1. The normalized spacial score (nSPS) is 25.7. The molecule has 0 bridgehead atoms. The smallest absolute Gasteiger partial charge is 0.137 e. The molecule has 2 heteroatoms. The van der Waals surface area contributed by atoms with Crippen molar-refractivity contribution in [2.75, 3.05) is 13.1 Å². The summed E-state index contributed by atoms with van der Waals surface area (Å²) >= 11 is 0. The average molecular weight is 155 g/mol. The van der Waals surface area contributed by atoms with Crippen molar-refractivity contribution in [2.45, 2.75) is 38.6 Å². The molecule has 11 heavy (non-hydrogen) atoms. The van der Waals surface area contributed by atoms with Crippen molar-refractivity contribution in [2.24, 2.45) is 0 Å². The first kappa shape index (κ1) is 8.72. The first-order valence-electron chi connectivity index (χ1n) is 4.58. The zero-order valence-corrected chi connectivity index (χ0v) is 7.25. The minimum absolute atomic E-state index is 0.238. The largest absolute Gasteiger partial charge is 0.302 e. The summed E-state index contributed by atoms with van der Waals surface area (Å²) in [7, 11) is 0. The van der Waals surface area contributed by atoms with Crippen molar-refractivity contribution in [1.82, 2.24) is 4.90 Å². The third-order valence-electron chi connectivity index (χ3n) is 2.37. The molecule has 1 saturated heterocycles. The summed E-state index contributed by atoms with van der Waals surface area (Å²) in [5, 5.41) is 0. The Morgan fingerprint density at radius 1 is 1.64 bits per heavy atom. The summed E-state index contributed by atoms with van der Waals surface area (Å²) in [5.41, 5.74) is 0. The lowest BCUT2D eigenvalue weighted by molar-refractivity contribution is -0.111. The molecule has 2 nitrogen and oxygen atoms in total. The van der Waals surface area contributed by atoms with Gasteiger partial charge in [-0.15, -0.1) is 0 Å². The second-order valence-electron chi connectivity index (χ2n) is 3.24. The average Bonchev–Trinajstić information content (AvgIpc) is 2.47. The fourth-order valence-electron chi connectivity index (χ4n) is 1.64.